The van der Waals surface area contributed by atoms with E-state index in [1.165, 1.54) is 17.0 Å². The largest absolute Gasteiger partial charge is 0.494 e. The smallest absolute Gasteiger partial charge is 0.264 e. The zero-order valence-electron chi connectivity index (χ0n) is 26.7. The normalized spacial score (nSPS) is 13.9. The van der Waals surface area contributed by atoms with Gasteiger partial charge in [0.1, 0.15) is 18.3 Å². The van der Waals surface area contributed by atoms with Crippen LogP contribution in [0.3, 0.4) is 0 Å². The maximum atomic E-state index is 14.7. The van der Waals surface area contributed by atoms with Crippen molar-refractivity contribution in [2.45, 2.75) is 62.6 Å². The molecule has 1 aliphatic carbocycles. The average molecular weight is 798 g/mol. The molecule has 0 bridgehead atoms. The van der Waals surface area contributed by atoms with Crippen LogP contribution in [0.15, 0.2) is 117 Å². The Kier molecular flexibility index (Phi) is 12.3. The van der Waals surface area contributed by atoms with Gasteiger partial charge >= 0.3 is 0 Å². The Bertz CT molecular complexity index is 1780. The third-order valence-corrected chi connectivity index (χ3v) is 11.1. The Balaban J connectivity index is 1.56. The molecular formula is C37H39Br2N3O5S. The van der Waals surface area contributed by atoms with Crippen molar-refractivity contribution in [2.75, 3.05) is 17.5 Å². The summed E-state index contributed by atoms with van der Waals surface area (Å²) in [5.74, 6) is -0.180. The molecule has 0 unspecified atom stereocenters. The molecular weight excluding hydrogens is 758 g/mol. The average Bonchev–Trinajstić information content (AvgIpc) is 3.59. The van der Waals surface area contributed by atoms with Crippen molar-refractivity contribution in [1.29, 1.82) is 0 Å². The van der Waals surface area contributed by atoms with Crippen molar-refractivity contribution in [3.8, 4) is 5.75 Å². The predicted octanol–water partition coefficient (Wildman–Crippen LogP) is 7.50. The fourth-order valence-corrected chi connectivity index (χ4v) is 8.02. The van der Waals surface area contributed by atoms with E-state index in [4.69, 9.17) is 4.74 Å². The van der Waals surface area contributed by atoms with E-state index in [2.05, 4.69) is 37.2 Å². The number of ether oxygens (including phenoxy) is 1. The highest BCUT2D eigenvalue weighted by Crippen LogP contribution is 2.28. The lowest BCUT2D eigenvalue weighted by atomic mass is 10.0. The third kappa shape index (κ3) is 9.27. The van der Waals surface area contributed by atoms with Gasteiger partial charge < -0.3 is 15.0 Å². The monoisotopic (exact) mass is 795 g/mol. The Morgan fingerprint density at radius 2 is 1.52 bits per heavy atom. The molecule has 0 spiro atoms. The first-order valence-corrected chi connectivity index (χ1v) is 19.1. The molecule has 11 heteroatoms. The number of rotatable bonds is 14. The van der Waals surface area contributed by atoms with E-state index in [0.29, 0.717) is 18.0 Å². The Morgan fingerprint density at radius 1 is 0.854 bits per heavy atom. The lowest BCUT2D eigenvalue weighted by Gasteiger charge is -2.34. The lowest BCUT2D eigenvalue weighted by Crippen LogP contribution is -2.54. The fourth-order valence-electron chi connectivity index (χ4n) is 5.89. The second-order valence-electron chi connectivity index (χ2n) is 11.7. The topological polar surface area (TPSA) is 96.0 Å². The first-order chi connectivity index (χ1) is 23.1. The standard InChI is InChI=1S/C37H39Br2N3O5S/c1-2-47-33-19-17-32(18-20-33)42(48(45,46)34-21-15-29(38)16-22-34)26-36(43)41(25-28-11-8-12-30(39)23-28)35(24-27-9-4-3-5-10-27)37(44)40-31-13-6-7-14-31/h3-5,8-12,15-23,31,35H,2,6-7,13-14,24-26H2,1H3,(H,40,44)/t35-/m0/s1. The summed E-state index contributed by atoms with van der Waals surface area (Å²) in [4.78, 5) is 30.4. The number of nitrogens with one attached hydrogen (secondary N) is 1. The zero-order valence-corrected chi connectivity index (χ0v) is 30.7. The van der Waals surface area contributed by atoms with Crippen LogP contribution in [0.25, 0.3) is 0 Å². The summed E-state index contributed by atoms with van der Waals surface area (Å²) in [5.41, 5.74) is 1.99. The highest BCUT2D eigenvalue weighted by atomic mass is 79.9. The molecule has 252 valence electrons. The number of nitrogens with zero attached hydrogens (tertiary/aromatic N) is 2. The fraction of sp³-hybridized carbons (Fsp3) is 0.297. The zero-order chi connectivity index (χ0) is 34.1. The number of carbonyl (C=O) groups is 2. The number of anilines is 1. The van der Waals surface area contributed by atoms with E-state index >= 15 is 0 Å². The Morgan fingerprint density at radius 3 is 2.17 bits per heavy atom. The molecule has 0 saturated heterocycles. The molecule has 8 nitrogen and oxygen atoms in total. The first-order valence-electron chi connectivity index (χ1n) is 16.0. The maximum absolute atomic E-state index is 14.7. The highest BCUT2D eigenvalue weighted by Gasteiger charge is 2.35. The van der Waals surface area contributed by atoms with Gasteiger partial charge in [-0.05, 0) is 91.6 Å². The molecule has 1 fully saturated rings. The SMILES string of the molecule is CCOc1ccc(N(CC(=O)N(Cc2cccc(Br)c2)[C@@H](Cc2ccccc2)C(=O)NC2CCCC2)S(=O)(=O)c2ccc(Br)cc2)cc1. The number of benzene rings is 4. The van der Waals surface area contributed by atoms with E-state index in [1.54, 1.807) is 36.4 Å². The molecule has 0 radical (unpaired) electrons. The summed E-state index contributed by atoms with van der Waals surface area (Å²) in [6, 6.07) is 29.2. The van der Waals surface area contributed by atoms with Crippen molar-refractivity contribution < 1.29 is 22.7 Å². The minimum absolute atomic E-state index is 0.0331. The quantitative estimate of drug-likeness (QED) is 0.143. The summed E-state index contributed by atoms with van der Waals surface area (Å²) in [6.07, 6.45) is 4.13. The molecule has 4 aromatic rings. The number of hydrogen-bond donors (Lipinski definition) is 1. The molecule has 5 rings (SSSR count). The third-order valence-electron chi connectivity index (χ3n) is 8.33. The summed E-state index contributed by atoms with van der Waals surface area (Å²) >= 11 is 6.90. The van der Waals surface area contributed by atoms with Crippen LogP contribution < -0.4 is 14.4 Å². The molecule has 1 aliphatic rings. The van der Waals surface area contributed by atoms with Gasteiger partial charge in [-0.15, -0.1) is 0 Å². The van der Waals surface area contributed by atoms with Crippen LogP contribution in [-0.4, -0.2) is 50.4 Å². The minimum Gasteiger partial charge on any atom is -0.494 e. The van der Waals surface area contributed by atoms with Gasteiger partial charge in [-0.2, -0.15) is 0 Å². The minimum atomic E-state index is -4.21. The van der Waals surface area contributed by atoms with Gasteiger partial charge in [0.05, 0.1) is 17.2 Å². The van der Waals surface area contributed by atoms with Gasteiger partial charge in [-0.1, -0.05) is 87.2 Å². The number of hydrogen-bond acceptors (Lipinski definition) is 5. The second kappa shape index (κ2) is 16.6. The van der Waals surface area contributed by atoms with E-state index in [9.17, 15) is 18.0 Å². The number of sulfonamides is 1. The summed E-state index contributed by atoms with van der Waals surface area (Å²) in [5, 5.41) is 3.20. The van der Waals surface area contributed by atoms with Crippen LogP contribution in [0, 0.1) is 0 Å². The molecule has 1 N–H and O–H groups in total. The van der Waals surface area contributed by atoms with Crippen molar-refractivity contribution in [3.05, 3.63) is 123 Å². The summed E-state index contributed by atoms with van der Waals surface area (Å²) in [6.45, 7) is 1.90. The van der Waals surface area contributed by atoms with Gasteiger partial charge in [0.25, 0.3) is 10.0 Å². The Hall–Kier alpha value is -3.67. The molecule has 2 amide bonds. The van der Waals surface area contributed by atoms with E-state index in [0.717, 1.165) is 50.1 Å². The van der Waals surface area contributed by atoms with Crippen molar-refractivity contribution in [1.82, 2.24) is 10.2 Å². The lowest BCUT2D eigenvalue weighted by molar-refractivity contribution is -0.140. The van der Waals surface area contributed by atoms with Crippen molar-refractivity contribution in [2.24, 2.45) is 0 Å². The van der Waals surface area contributed by atoms with Crippen LogP contribution in [0.1, 0.15) is 43.7 Å². The molecule has 1 saturated carbocycles. The predicted molar refractivity (Wildman–Crippen MR) is 195 cm³/mol. The Labute approximate surface area is 299 Å². The van der Waals surface area contributed by atoms with Gasteiger partial charge in [0, 0.05) is 28.0 Å². The van der Waals surface area contributed by atoms with Gasteiger partial charge in [0.2, 0.25) is 11.8 Å². The maximum Gasteiger partial charge on any atom is 0.264 e. The summed E-state index contributed by atoms with van der Waals surface area (Å²) < 4.78 is 36.8. The molecule has 1 atom stereocenters. The molecule has 4 aromatic carbocycles. The van der Waals surface area contributed by atoms with Crippen LogP contribution >= 0.6 is 31.9 Å². The molecule has 0 aliphatic heterocycles. The highest BCUT2D eigenvalue weighted by molar-refractivity contribution is 9.10. The van der Waals surface area contributed by atoms with E-state index in [-0.39, 0.29) is 29.8 Å². The summed E-state index contributed by atoms with van der Waals surface area (Å²) in [7, 11) is -4.21. The second-order valence-corrected chi connectivity index (χ2v) is 15.4. The van der Waals surface area contributed by atoms with Crippen LogP contribution in [0.5, 0.6) is 5.75 Å². The number of amides is 2. The van der Waals surface area contributed by atoms with Crippen LogP contribution in [-0.2, 0) is 32.6 Å². The van der Waals surface area contributed by atoms with Crippen LogP contribution in [0.4, 0.5) is 5.69 Å². The molecule has 0 aromatic heterocycles. The first kappa shape index (κ1) is 35.6. The molecule has 48 heavy (non-hydrogen) atoms. The van der Waals surface area contributed by atoms with Crippen molar-refractivity contribution >= 4 is 59.4 Å². The van der Waals surface area contributed by atoms with E-state index < -0.39 is 28.5 Å². The van der Waals surface area contributed by atoms with E-state index in [1.807, 2.05) is 61.5 Å². The van der Waals surface area contributed by atoms with Gasteiger partial charge in [-0.25, -0.2) is 8.42 Å². The number of halogens is 2. The van der Waals surface area contributed by atoms with Crippen molar-refractivity contribution in [3.63, 3.8) is 0 Å². The van der Waals surface area contributed by atoms with Crippen LogP contribution in [0.2, 0.25) is 0 Å². The van der Waals surface area contributed by atoms with Gasteiger partial charge in [0.15, 0.2) is 0 Å². The van der Waals surface area contributed by atoms with Gasteiger partial charge in [-0.3, -0.25) is 13.9 Å². The molecule has 0 heterocycles. The number of carbonyl (C=O) groups excluding carboxylic acids is 2.